The van der Waals surface area contributed by atoms with Gasteiger partial charge in [-0.05, 0) is 55.9 Å². The smallest absolute Gasteiger partial charge is 0.240 e. The highest BCUT2D eigenvalue weighted by Gasteiger charge is 2.46. The Morgan fingerprint density at radius 1 is 1.07 bits per heavy atom. The molecule has 1 heterocycles. The number of methoxy groups -OCH3 is 2. The van der Waals surface area contributed by atoms with Gasteiger partial charge in [0.15, 0.2) is 0 Å². The zero-order valence-electron chi connectivity index (χ0n) is 17.5. The highest BCUT2D eigenvalue weighted by atomic mass is 16.5. The van der Waals surface area contributed by atoms with Gasteiger partial charge in [-0.25, -0.2) is 5.01 Å². The normalized spacial score (nSPS) is 22.8. The molecule has 0 bridgehead atoms. The van der Waals surface area contributed by atoms with E-state index in [0.29, 0.717) is 0 Å². The van der Waals surface area contributed by atoms with E-state index >= 15 is 0 Å². The third-order valence-corrected chi connectivity index (χ3v) is 5.99. The first-order valence-corrected chi connectivity index (χ1v) is 9.81. The first kappa shape index (κ1) is 19.5. The third kappa shape index (κ3) is 3.27. The summed E-state index contributed by atoms with van der Waals surface area (Å²) >= 11 is 0. The van der Waals surface area contributed by atoms with Crippen LogP contribution in [0, 0.1) is 5.92 Å². The fraction of sp³-hybridized carbons (Fsp3) is 0.391. The molecule has 3 atom stereocenters. The molecule has 6 nitrogen and oxygen atoms in total. The molecule has 29 heavy (non-hydrogen) atoms. The molecule has 0 radical (unpaired) electrons. The van der Waals surface area contributed by atoms with Crippen LogP contribution >= 0.6 is 0 Å². The van der Waals surface area contributed by atoms with Gasteiger partial charge >= 0.3 is 0 Å². The molecule has 152 valence electrons. The van der Waals surface area contributed by atoms with Gasteiger partial charge in [0.05, 0.1) is 26.0 Å². The van der Waals surface area contributed by atoms with Crippen LogP contribution in [0.3, 0.4) is 0 Å². The topological polar surface area (TPSA) is 54.4 Å². The van der Waals surface area contributed by atoms with Gasteiger partial charge in [0, 0.05) is 24.4 Å². The van der Waals surface area contributed by atoms with E-state index in [1.165, 1.54) is 5.56 Å². The third-order valence-electron chi connectivity index (χ3n) is 5.99. The largest absolute Gasteiger partial charge is 0.497 e. The predicted octanol–water partition coefficient (Wildman–Crippen LogP) is 3.63. The Morgan fingerprint density at radius 2 is 1.72 bits per heavy atom. The van der Waals surface area contributed by atoms with Crippen molar-refractivity contribution in [3.63, 3.8) is 0 Å². The van der Waals surface area contributed by atoms with Gasteiger partial charge in [-0.15, -0.1) is 0 Å². The van der Waals surface area contributed by atoms with Gasteiger partial charge in [-0.1, -0.05) is 18.2 Å². The average molecular weight is 393 g/mol. The summed E-state index contributed by atoms with van der Waals surface area (Å²) in [6, 6.07) is 14.2. The number of rotatable bonds is 4. The van der Waals surface area contributed by atoms with Gasteiger partial charge in [0.1, 0.15) is 11.5 Å². The number of carbonyl (C=O) groups is 1. The summed E-state index contributed by atoms with van der Waals surface area (Å²) in [5.41, 5.74) is 4.33. The van der Waals surface area contributed by atoms with Crippen LogP contribution in [0.25, 0.3) is 0 Å². The van der Waals surface area contributed by atoms with E-state index in [9.17, 15) is 4.79 Å². The Morgan fingerprint density at radius 3 is 2.31 bits per heavy atom. The number of benzene rings is 2. The van der Waals surface area contributed by atoms with Crippen molar-refractivity contribution >= 4 is 11.6 Å². The van der Waals surface area contributed by atoms with Crippen LogP contribution in [0.1, 0.15) is 42.1 Å². The molecule has 1 amide bonds. The molecule has 0 N–H and O–H groups in total. The van der Waals surface area contributed by atoms with Crippen LogP contribution in [0.4, 0.5) is 0 Å². The van der Waals surface area contributed by atoms with Crippen molar-refractivity contribution in [2.75, 3.05) is 28.3 Å². The fourth-order valence-corrected chi connectivity index (χ4v) is 4.54. The van der Waals surface area contributed by atoms with E-state index in [4.69, 9.17) is 14.6 Å². The summed E-state index contributed by atoms with van der Waals surface area (Å²) in [6.45, 7) is 1.58. The minimum atomic E-state index is -0.129. The summed E-state index contributed by atoms with van der Waals surface area (Å²) in [7, 11) is 7.52. The zero-order valence-corrected chi connectivity index (χ0v) is 17.5. The lowest BCUT2D eigenvalue weighted by atomic mass is 9.74. The number of ether oxygens (including phenoxy) is 2. The second-order valence-corrected chi connectivity index (χ2v) is 7.84. The van der Waals surface area contributed by atoms with Crippen molar-refractivity contribution in [1.29, 1.82) is 0 Å². The minimum Gasteiger partial charge on any atom is -0.497 e. The summed E-state index contributed by atoms with van der Waals surface area (Å²) in [5, 5.41) is 6.46. The monoisotopic (exact) mass is 393 g/mol. The Bertz CT molecular complexity index is 952. The maximum absolute atomic E-state index is 12.5. The first-order valence-electron chi connectivity index (χ1n) is 9.81. The molecule has 1 aliphatic heterocycles. The van der Waals surface area contributed by atoms with Crippen LogP contribution < -0.4 is 9.47 Å². The molecule has 0 aromatic heterocycles. The van der Waals surface area contributed by atoms with Crippen molar-refractivity contribution in [2.45, 2.75) is 25.4 Å². The molecule has 0 saturated carbocycles. The molecule has 4 rings (SSSR count). The highest BCUT2D eigenvalue weighted by molar-refractivity contribution is 6.07. The van der Waals surface area contributed by atoms with Crippen molar-refractivity contribution in [2.24, 2.45) is 11.0 Å². The molecular formula is C23H27N3O3. The molecule has 2 aromatic rings. The van der Waals surface area contributed by atoms with Crippen molar-refractivity contribution < 1.29 is 14.3 Å². The number of amides is 1. The second kappa shape index (κ2) is 7.52. The maximum atomic E-state index is 12.5. The summed E-state index contributed by atoms with van der Waals surface area (Å²) in [5.74, 6) is 1.65. The Labute approximate surface area is 171 Å². The summed E-state index contributed by atoms with van der Waals surface area (Å²) in [6.07, 6.45) is 0.894. The van der Waals surface area contributed by atoms with Crippen molar-refractivity contribution in [1.82, 2.24) is 9.91 Å². The number of fused-ring (bicyclic) bond motifs is 3. The van der Waals surface area contributed by atoms with E-state index in [1.54, 1.807) is 26.2 Å². The molecule has 0 spiro atoms. The molecule has 2 aromatic carbocycles. The Kier molecular flexibility index (Phi) is 5.04. The Balaban J connectivity index is 1.84. The van der Waals surface area contributed by atoms with Crippen LogP contribution in [0.2, 0.25) is 0 Å². The summed E-state index contributed by atoms with van der Waals surface area (Å²) in [4.78, 5) is 14.7. The second-order valence-electron chi connectivity index (χ2n) is 7.84. The molecule has 0 unspecified atom stereocenters. The Hall–Kier alpha value is -2.86. The number of hydrogen-bond acceptors (Lipinski definition) is 5. The molecule has 6 heteroatoms. The van der Waals surface area contributed by atoms with Crippen LogP contribution in [0.5, 0.6) is 11.5 Å². The molecular weight excluding hydrogens is 366 g/mol. The quantitative estimate of drug-likeness (QED) is 0.796. The number of carbonyl (C=O) groups excluding carboxylic acids is 1. The zero-order chi connectivity index (χ0) is 20.7. The van der Waals surface area contributed by atoms with Crippen LogP contribution in [-0.2, 0) is 4.79 Å². The lowest BCUT2D eigenvalue weighted by Crippen LogP contribution is -2.35. The fourth-order valence-electron chi connectivity index (χ4n) is 4.54. The van der Waals surface area contributed by atoms with Gasteiger partial charge in [-0.3, -0.25) is 4.79 Å². The standard InChI is InChI=1S/C23H27N3O3/c1-14(27)26-23(15-6-8-16(28-4)9-7-15)20-13-21(25(2)3)18-11-10-17(29-5)12-19(18)22(20)24-26/h6-12,20-21,23H,13H2,1-5H3/t20-,21-,23-/m1/s1. The highest BCUT2D eigenvalue weighted by Crippen LogP contribution is 2.48. The summed E-state index contributed by atoms with van der Waals surface area (Å²) < 4.78 is 10.8. The molecule has 1 aliphatic carbocycles. The van der Waals surface area contributed by atoms with E-state index in [2.05, 4.69) is 25.1 Å². The SMILES string of the molecule is COc1ccc([C@@H]2[C@@H]3C[C@@H](N(C)C)c4ccc(OC)cc4C3=NN2C(C)=O)cc1. The molecule has 2 aliphatic rings. The first-order chi connectivity index (χ1) is 13.9. The van der Waals surface area contributed by atoms with E-state index in [1.807, 2.05) is 36.4 Å². The van der Waals surface area contributed by atoms with Gasteiger partial charge in [0.2, 0.25) is 5.91 Å². The van der Waals surface area contributed by atoms with E-state index in [0.717, 1.165) is 34.8 Å². The van der Waals surface area contributed by atoms with Crippen molar-refractivity contribution in [3.8, 4) is 11.5 Å². The molecule has 0 saturated heterocycles. The van der Waals surface area contributed by atoms with Gasteiger partial charge in [0.25, 0.3) is 0 Å². The average Bonchev–Trinajstić information content (AvgIpc) is 3.12. The predicted molar refractivity (Wildman–Crippen MR) is 112 cm³/mol. The number of hydrogen-bond donors (Lipinski definition) is 0. The van der Waals surface area contributed by atoms with Crippen LogP contribution in [-0.4, -0.2) is 49.8 Å². The van der Waals surface area contributed by atoms with Crippen LogP contribution in [0.15, 0.2) is 47.6 Å². The number of hydrazone groups is 1. The lowest BCUT2D eigenvalue weighted by molar-refractivity contribution is -0.131. The lowest BCUT2D eigenvalue weighted by Gasteiger charge is -2.37. The number of nitrogens with zero attached hydrogens (tertiary/aromatic N) is 3. The van der Waals surface area contributed by atoms with Gasteiger partial charge in [-0.2, -0.15) is 5.10 Å². The van der Waals surface area contributed by atoms with E-state index < -0.39 is 0 Å². The maximum Gasteiger partial charge on any atom is 0.240 e. The molecule has 0 fully saturated rings. The van der Waals surface area contributed by atoms with Gasteiger partial charge < -0.3 is 14.4 Å². The minimum absolute atomic E-state index is 0.0569. The van der Waals surface area contributed by atoms with Crippen molar-refractivity contribution in [3.05, 3.63) is 59.2 Å². The van der Waals surface area contributed by atoms with E-state index in [-0.39, 0.29) is 23.9 Å².